The molecular weight excluding hydrogens is 222 g/mol. The molecule has 1 N–H and O–H groups in total. The van der Waals surface area contributed by atoms with E-state index >= 15 is 0 Å². The zero-order valence-electron chi connectivity index (χ0n) is 9.79. The summed E-state index contributed by atoms with van der Waals surface area (Å²) in [6.45, 7) is 1.09. The van der Waals surface area contributed by atoms with Crippen LogP contribution < -0.4 is 10.1 Å². The van der Waals surface area contributed by atoms with Crippen LogP contribution in [0.1, 0.15) is 24.3 Å². The molecular formula is C13H18ClNO. The van der Waals surface area contributed by atoms with Crippen LogP contribution in [0.4, 0.5) is 0 Å². The van der Waals surface area contributed by atoms with Crippen LogP contribution in [0.5, 0.6) is 5.75 Å². The van der Waals surface area contributed by atoms with E-state index < -0.39 is 0 Å². The normalized spacial score (nSPS) is 23.9. The number of rotatable bonds is 4. The number of benzene rings is 1. The molecule has 2 nitrogen and oxygen atoms in total. The fourth-order valence-corrected chi connectivity index (χ4v) is 2.62. The van der Waals surface area contributed by atoms with Gasteiger partial charge in [-0.25, -0.2) is 0 Å². The smallest absolute Gasteiger partial charge is 0.137 e. The van der Waals surface area contributed by atoms with Crippen molar-refractivity contribution in [2.45, 2.75) is 18.8 Å². The average molecular weight is 240 g/mol. The van der Waals surface area contributed by atoms with Gasteiger partial charge in [-0.15, -0.1) is 0 Å². The van der Waals surface area contributed by atoms with Gasteiger partial charge in [0.1, 0.15) is 5.75 Å². The van der Waals surface area contributed by atoms with E-state index in [2.05, 4.69) is 17.4 Å². The van der Waals surface area contributed by atoms with E-state index in [9.17, 15) is 0 Å². The highest BCUT2D eigenvalue weighted by Gasteiger charge is 2.31. The number of ether oxygens (including phenoxy) is 1. The van der Waals surface area contributed by atoms with Crippen LogP contribution in [0.2, 0.25) is 5.02 Å². The number of nitrogens with one attached hydrogen (secondary N) is 1. The van der Waals surface area contributed by atoms with Crippen LogP contribution >= 0.6 is 11.6 Å². The predicted octanol–water partition coefficient (Wildman–Crippen LogP) is 3.06. The summed E-state index contributed by atoms with van der Waals surface area (Å²) in [4.78, 5) is 0. The summed E-state index contributed by atoms with van der Waals surface area (Å²) >= 11 is 6.02. The molecule has 0 aromatic heterocycles. The van der Waals surface area contributed by atoms with Gasteiger partial charge in [-0.2, -0.15) is 0 Å². The topological polar surface area (TPSA) is 21.3 Å². The van der Waals surface area contributed by atoms with Gasteiger partial charge in [0.05, 0.1) is 12.1 Å². The average Bonchev–Trinajstić information content (AvgIpc) is 2.27. The van der Waals surface area contributed by atoms with Gasteiger partial charge >= 0.3 is 0 Å². The van der Waals surface area contributed by atoms with Gasteiger partial charge in [-0.05, 0) is 56.0 Å². The summed E-state index contributed by atoms with van der Waals surface area (Å²) in [7, 11) is 3.68. The first-order valence-corrected chi connectivity index (χ1v) is 6.12. The van der Waals surface area contributed by atoms with Gasteiger partial charge < -0.3 is 10.1 Å². The maximum atomic E-state index is 6.02. The molecule has 0 heterocycles. The first kappa shape index (κ1) is 11.7. The maximum absolute atomic E-state index is 6.02. The van der Waals surface area contributed by atoms with Crippen molar-refractivity contribution in [2.75, 3.05) is 20.7 Å². The van der Waals surface area contributed by atoms with Crippen LogP contribution in [0, 0.1) is 5.92 Å². The summed E-state index contributed by atoms with van der Waals surface area (Å²) in [5.41, 5.74) is 1.35. The van der Waals surface area contributed by atoms with Crippen molar-refractivity contribution in [3.63, 3.8) is 0 Å². The summed E-state index contributed by atoms with van der Waals surface area (Å²) in [6.07, 6.45) is 2.59. The molecule has 0 aliphatic heterocycles. The Morgan fingerprint density at radius 1 is 1.44 bits per heavy atom. The molecule has 1 aliphatic carbocycles. The Bertz CT molecular complexity index is 367. The van der Waals surface area contributed by atoms with E-state index in [1.54, 1.807) is 7.11 Å². The molecule has 2 atom stereocenters. The minimum atomic E-state index is 0.665. The van der Waals surface area contributed by atoms with Crippen molar-refractivity contribution in [1.29, 1.82) is 0 Å². The fourth-order valence-electron chi connectivity index (χ4n) is 2.42. The molecule has 0 radical (unpaired) electrons. The van der Waals surface area contributed by atoms with Crippen LogP contribution in [0.3, 0.4) is 0 Å². The first-order valence-electron chi connectivity index (χ1n) is 5.74. The lowest BCUT2D eigenvalue weighted by Crippen LogP contribution is -2.32. The molecule has 1 saturated carbocycles. The third-order valence-electron chi connectivity index (χ3n) is 3.49. The standard InChI is InChI=1S/C13H18ClNO/c1-15-8-10-3-5-11(10)9-4-6-12(14)13(7-9)16-2/h4,6-7,10-11,15H,3,5,8H2,1-2H3. The van der Waals surface area contributed by atoms with E-state index in [1.807, 2.05) is 13.1 Å². The lowest BCUT2D eigenvalue weighted by atomic mass is 9.70. The zero-order valence-corrected chi connectivity index (χ0v) is 10.6. The predicted molar refractivity (Wildman–Crippen MR) is 67.4 cm³/mol. The Morgan fingerprint density at radius 3 is 2.81 bits per heavy atom. The lowest BCUT2D eigenvalue weighted by Gasteiger charge is -2.37. The van der Waals surface area contributed by atoms with Gasteiger partial charge in [0, 0.05) is 0 Å². The van der Waals surface area contributed by atoms with Crippen molar-refractivity contribution in [3.8, 4) is 5.75 Å². The molecule has 1 fully saturated rings. The highest BCUT2D eigenvalue weighted by atomic mass is 35.5. The summed E-state index contributed by atoms with van der Waals surface area (Å²) in [5.74, 6) is 2.21. The molecule has 2 unspecified atom stereocenters. The Hall–Kier alpha value is -0.730. The molecule has 0 bridgehead atoms. The second kappa shape index (κ2) is 5.07. The number of hydrogen-bond donors (Lipinski definition) is 1. The minimum Gasteiger partial charge on any atom is -0.495 e. The molecule has 0 saturated heterocycles. The number of hydrogen-bond acceptors (Lipinski definition) is 2. The highest BCUT2D eigenvalue weighted by Crippen LogP contribution is 2.43. The minimum absolute atomic E-state index is 0.665. The van der Waals surface area contributed by atoms with E-state index in [0.717, 1.165) is 18.2 Å². The van der Waals surface area contributed by atoms with Gasteiger partial charge in [0.2, 0.25) is 0 Å². The van der Waals surface area contributed by atoms with Crippen molar-refractivity contribution in [2.24, 2.45) is 5.92 Å². The van der Waals surface area contributed by atoms with Gasteiger partial charge in [0.25, 0.3) is 0 Å². The second-order valence-corrected chi connectivity index (χ2v) is 4.80. The number of methoxy groups -OCH3 is 1. The molecule has 1 aromatic rings. The third-order valence-corrected chi connectivity index (χ3v) is 3.80. The Morgan fingerprint density at radius 2 is 2.25 bits per heavy atom. The van der Waals surface area contributed by atoms with Crippen molar-refractivity contribution >= 4 is 11.6 Å². The van der Waals surface area contributed by atoms with Crippen LogP contribution in [0.15, 0.2) is 18.2 Å². The lowest BCUT2D eigenvalue weighted by molar-refractivity contribution is 0.250. The van der Waals surface area contributed by atoms with E-state index in [0.29, 0.717) is 10.9 Å². The largest absolute Gasteiger partial charge is 0.495 e. The molecule has 1 aliphatic rings. The van der Waals surface area contributed by atoms with Gasteiger partial charge in [0.15, 0.2) is 0 Å². The Labute approximate surface area is 102 Å². The SMILES string of the molecule is CNCC1CCC1c1ccc(Cl)c(OC)c1. The zero-order chi connectivity index (χ0) is 11.5. The Kier molecular flexibility index (Phi) is 3.72. The summed E-state index contributed by atoms with van der Waals surface area (Å²) < 4.78 is 5.25. The first-order chi connectivity index (χ1) is 7.76. The highest BCUT2D eigenvalue weighted by molar-refractivity contribution is 6.32. The fraction of sp³-hybridized carbons (Fsp3) is 0.538. The summed E-state index contributed by atoms with van der Waals surface area (Å²) in [6, 6.07) is 6.14. The monoisotopic (exact) mass is 239 g/mol. The van der Waals surface area contributed by atoms with Crippen LogP contribution in [-0.2, 0) is 0 Å². The molecule has 2 rings (SSSR count). The molecule has 88 valence electrons. The van der Waals surface area contributed by atoms with Crippen molar-refractivity contribution < 1.29 is 4.74 Å². The molecule has 1 aromatic carbocycles. The van der Waals surface area contributed by atoms with Crippen molar-refractivity contribution in [1.82, 2.24) is 5.32 Å². The molecule has 3 heteroatoms. The number of halogens is 1. The Balaban J connectivity index is 2.15. The summed E-state index contributed by atoms with van der Waals surface area (Å²) in [5, 5.41) is 3.94. The molecule has 16 heavy (non-hydrogen) atoms. The van der Waals surface area contributed by atoms with Crippen LogP contribution in [0.25, 0.3) is 0 Å². The van der Waals surface area contributed by atoms with Gasteiger partial charge in [-0.1, -0.05) is 17.7 Å². The third kappa shape index (κ3) is 2.18. The van der Waals surface area contributed by atoms with Crippen LogP contribution in [-0.4, -0.2) is 20.7 Å². The van der Waals surface area contributed by atoms with E-state index in [-0.39, 0.29) is 0 Å². The maximum Gasteiger partial charge on any atom is 0.137 e. The van der Waals surface area contributed by atoms with E-state index in [1.165, 1.54) is 18.4 Å². The van der Waals surface area contributed by atoms with Gasteiger partial charge in [-0.3, -0.25) is 0 Å². The molecule has 0 spiro atoms. The molecule has 0 amide bonds. The van der Waals surface area contributed by atoms with Crippen molar-refractivity contribution in [3.05, 3.63) is 28.8 Å². The van der Waals surface area contributed by atoms with E-state index in [4.69, 9.17) is 16.3 Å². The quantitative estimate of drug-likeness (QED) is 0.872. The second-order valence-electron chi connectivity index (χ2n) is 4.40.